The zero-order valence-electron chi connectivity index (χ0n) is 16.9. The zero-order chi connectivity index (χ0) is 21.1. The second-order valence-electron chi connectivity index (χ2n) is 7.38. The summed E-state index contributed by atoms with van der Waals surface area (Å²) in [5, 5.41) is 6.06. The van der Waals surface area contributed by atoms with E-state index < -0.39 is 0 Å². The second kappa shape index (κ2) is 8.57. The molecule has 2 amide bonds. The number of amides is 2. The van der Waals surface area contributed by atoms with Gasteiger partial charge in [-0.1, -0.05) is 32.0 Å². The Kier molecular flexibility index (Phi) is 6.12. The van der Waals surface area contributed by atoms with Crippen LogP contribution < -0.4 is 16.2 Å². The van der Waals surface area contributed by atoms with Crippen LogP contribution in [0.2, 0.25) is 0 Å². The van der Waals surface area contributed by atoms with Crippen molar-refractivity contribution >= 4 is 39.1 Å². The first kappa shape index (κ1) is 20.7. The van der Waals surface area contributed by atoms with Gasteiger partial charge in [0.15, 0.2) is 0 Å². The Balaban J connectivity index is 1.88. The van der Waals surface area contributed by atoms with Gasteiger partial charge in [-0.3, -0.25) is 19.0 Å². The number of para-hydroxylation sites is 1. The van der Waals surface area contributed by atoms with E-state index in [-0.39, 0.29) is 23.9 Å². The monoisotopic (exact) mass is 412 g/mol. The molecule has 0 saturated carbocycles. The van der Waals surface area contributed by atoms with Gasteiger partial charge in [0.1, 0.15) is 11.4 Å². The van der Waals surface area contributed by atoms with Crippen LogP contribution in [0.25, 0.3) is 10.2 Å². The van der Waals surface area contributed by atoms with Gasteiger partial charge >= 0.3 is 0 Å². The number of carbonyl (C=O) groups excluding carboxylic acids is 2. The van der Waals surface area contributed by atoms with Gasteiger partial charge in [-0.05, 0) is 37.0 Å². The molecule has 0 fully saturated rings. The van der Waals surface area contributed by atoms with Crippen molar-refractivity contribution in [1.82, 2.24) is 14.9 Å². The maximum atomic E-state index is 12.9. The van der Waals surface area contributed by atoms with Crippen LogP contribution in [0, 0.1) is 19.8 Å². The molecule has 0 unspecified atom stereocenters. The van der Waals surface area contributed by atoms with Crippen molar-refractivity contribution in [3.8, 4) is 0 Å². The lowest BCUT2D eigenvalue weighted by atomic mass is 10.2. The van der Waals surface area contributed by atoms with Crippen LogP contribution >= 0.6 is 11.3 Å². The predicted octanol–water partition coefficient (Wildman–Crippen LogP) is 3.10. The van der Waals surface area contributed by atoms with E-state index in [4.69, 9.17) is 0 Å². The third kappa shape index (κ3) is 4.54. The van der Waals surface area contributed by atoms with E-state index in [1.165, 1.54) is 22.2 Å². The standard InChI is InChI=1S/C21H24N4O3S/c1-12(2)9-22-16(26)10-25-11-23-20-17(21(25)28)14(4)18(29-20)19(27)24-15-8-6-5-7-13(15)3/h5-8,11-12H,9-10H2,1-4H3,(H,22,26)(H,24,27). The number of benzene rings is 1. The first-order valence-electron chi connectivity index (χ1n) is 9.40. The Labute approximate surface area is 172 Å². The summed E-state index contributed by atoms with van der Waals surface area (Å²) in [6, 6.07) is 7.50. The van der Waals surface area contributed by atoms with Crippen molar-refractivity contribution < 1.29 is 9.59 Å². The van der Waals surface area contributed by atoms with Crippen LogP contribution in [-0.4, -0.2) is 27.9 Å². The average molecular weight is 413 g/mol. The smallest absolute Gasteiger partial charge is 0.266 e. The van der Waals surface area contributed by atoms with E-state index >= 15 is 0 Å². The molecule has 1 aromatic carbocycles. The summed E-state index contributed by atoms with van der Waals surface area (Å²) in [6.07, 6.45) is 1.36. The maximum Gasteiger partial charge on any atom is 0.266 e. The fraction of sp³-hybridized carbons (Fsp3) is 0.333. The number of carbonyl (C=O) groups is 2. The summed E-state index contributed by atoms with van der Waals surface area (Å²) in [5.41, 5.74) is 1.93. The van der Waals surface area contributed by atoms with E-state index in [0.717, 1.165) is 11.3 Å². The highest BCUT2D eigenvalue weighted by Crippen LogP contribution is 2.28. The molecule has 7 nitrogen and oxygen atoms in total. The number of hydrogen-bond acceptors (Lipinski definition) is 5. The number of aryl methyl sites for hydroxylation is 2. The molecule has 152 valence electrons. The van der Waals surface area contributed by atoms with Crippen molar-refractivity contribution in [2.24, 2.45) is 5.92 Å². The Morgan fingerprint density at radius 1 is 1.21 bits per heavy atom. The Morgan fingerprint density at radius 3 is 2.62 bits per heavy atom. The molecule has 0 aliphatic heterocycles. The van der Waals surface area contributed by atoms with Gasteiger partial charge in [0.2, 0.25) is 5.91 Å². The predicted molar refractivity (Wildman–Crippen MR) is 116 cm³/mol. The second-order valence-corrected chi connectivity index (χ2v) is 8.38. The molecule has 0 aliphatic carbocycles. The van der Waals surface area contributed by atoms with Crippen LogP contribution in [0.3, 0.4) is 0 Å². The highest BCUT2D eigenvalue weighted by molar-refractivity contribution is 7.20. The zero-order valence-corrected chi connectivity index (χ0v) is 17.7. The van der Waals surface area contributed by atoms with E-state index in [9.17, 15) is 14.4 Å². The molecule has 29 heavy (non-hydrogen) atoms. The first-order chi connectivity index (χ1) is 13.8. The molecule has 0 aliphatic rings. The van der Waals surface area contributed by atoms with Crippen LogP contribution in [-0.2, 0) is 11.3 Å². The van der Waals surface area contributed by atoms with Gasteiger partial charge in [-0.25, -0.2) is 4.98 Å². The molecule has 3 aromatic rings. The summed E-state index contributed by atoms with van der Waals surface area (Å²) in [5.74, 6) is -0.197. The van der Waals surface area contributed by atoms with Crippen LogP contribution in [0.4, 0.5) is 5.69 Å². The summed E-state index contributed by atoms with van der Waals surface area (Å²) in [4.78, 5) is 43.0. The minimum atomic E-state index is -0.321. The molecule has 0 atom stereocenters. The van der Waals surface area contributed by atoms with E-state index in [2.05, 4.69) is 15.6 Å². The van der Waals surface area contributed by atoms with Crippen molar-refractivity contribution in [1.29, 1.82) is 0 Å². The number of nitrogens with one attached hydrogen (secondary N) is 2. The fourth-order valence-corrected chi connectivity index (χ4v) is 3.94. The Morgan fingerprint density at radius 2 is 1.93 bits per heavy atom. The van der Waals surface area contributed by atoms with Crippen LogP contribution in [0.1, 0.15) is 34.6 Å². The van der Waals surface area contributed by atoms with Crippen LogP contribution in [0.5, 0.6) is 0 Å². The van der Waals surface area contributed by atoms with Gasteiger partial charge in [-0.2, -0.15) is 0 Å². The SMILES string of the molecule is Cc1ccccc1NC(=O)c1sc2ncn(CC(=O)NCC(C)C)c(=O)c2c1C. The molecule has 0 spiro atoms. The number of nitrogens with zero attached hydrogens (tertiary/aromatic N) is 2. The first-order valence-corrected chi connectivity index (χ1v) is 10.2. The summed E-state index contributed by atoms with van der Waals surface area (Å²) in [7, 11) is 0. The van der Waals surface area contributed by atoms with Gasteiger partial charge in [0, 0.05) is 12.2 Å². The quantitative estimate of drug-likeness (QED) is 0.651. The molecule has 0 saturated heterocycles. The normalized spacial score (nSPS) is 11.1. The number of thiophene rings is 1. The summed E-state index contributed by atoms with van der Waals surface area (Å²) >= 11 is 1.18. The fourth-order valence-electron chi connectivity index (χ4n) is 2.91. The third-order valence-corrected chi connectivity index (χ3v) is 5.74. The van der Waals surface area contributed by atoms with Gasteiger partial charge in [0.05, 0.1) is 16.6 Å². The Hall–Kier alpha value is -3.00. The van der Waals surface area contributed by atoms with Gasteiger partial charge in [0.25, 0.3) is 11.5 Å². The van der Waals surface area contributed by atoms with E-state index in [1.807, 2.05) is 45.0 Å². The van der Waals surface area contributed by atoms with Gasteiger partial charge in [-0.15, -0.1) is 11.3 Å². The molecule has 2 N–H and O–H groups in total. The van der Waals surface area contributed by atoms with Crippen molar-refractivity contribution in [3.05, 3.63) is 57.0 Å². The van der Waals surface area contributed by atoms with E-state index in [1.54, 1.807) is 6.92 Å². The number of aromatic nitrogens is 2. The highest BCUT2D eigenvalue weighted by atomic mass is 32.1. The molecule has 2 aromatic heterocycles. The van der Waals surface area contributed by atoms with Crippen molar-refractivity contribution in [3.63, 3.8) is 0 Å². The molecule has 3 rings (SSSR count). The van der Waals surface area contributed by atoms with Gasteiger partial charge < -0.3 is 10.6 Å². The minimum Gasteiger partial charge on any atom is -0.354 e. The van der Waals surface area contributed by atoms with Crippen molar-refractivity contribution in [2.45, 2.75) is 34.2 Å². The number of anilines is 1. The molecular formula is C21H24N4O3S. The maximum absolute atomic E-state index is 12.9. The lowest BCUT2D eigenvalue weighted by Gasteiger charge is -2.09. The lowest BCUT2D eigenvalue weighted by Crippen LogP contribution is -2.34. The molecule has 0 bridgehead atoms. The summed E-state index contributed by atoms with van der Waals surface area (Å²) in [6.45, 7) is 8.09. The largest absolute Gasteiger partial charge is 0.354 e. The lowest BCUT2D eigenvalue weighted by molar-refractivity contribution is -0.121. The highest BCUT2D eigenvalue weighted by Gasteiger charge is 2.20. The molecule has 8 heteroatoms. The van der Waals surface area contributed by atoms with Crippen molar-refractivity contribution in [2.75, 3.05) is 11.9 Å². The minimum absolute atomic E-state index is 0.103. The third-order valence-electron chi connectivity index (χ3n) is 4.54. The van der Waals surface area contributed by atoms with E-state index in [0.29, 0.717) is 33.1 Å². The number of hydrogen-bond donors (Lipinski definition) is 2. The molecular weight excluding hydrogens is 388 g/mol. The average Bonchev–Trinajstić information content (AvgIpc) is 3.01. The van der Waals surface area contributed by atoms with Crippen LogP contribution in [0.15, 0.2) is 35.4 Å². The number of fused-ring (bicyclic) bond motifs is 1. The number of rotatable bonds is 6. The summed E-state index contributed by atoms with van der Waals surface area (Å²) < 4.78 is 1.28. The molecule has 2 heterocycles. The molecule has 0 radical (unpaired) electrons. The topological polar surface area (TPSA) is 93.1 Å². The Bertz CT molecular complexity index is 1130.